The first kappa shape index (κ1) is 22.9. The molecule has 0 radical (unpaired) electrons. The molecule has 1 aliphatic heterocycles. The molecule has 0 fully saturated rings. The van der Waals surface area contributed by atoms with Gasteiger partial charge in [-0.25, -0.2) is 4.39 Å². The summed E-state index contributed by atoms with van der Waals surface area (Å²) in [5.74, 6) is 0.908. The normalized spacial score (nSPS) is 12.1. The number of benzene rings is 3. The summed E-state index contributed by atoms with van der Waals surface area (Å²) in [6.45, 7) is 5.05. The van der Waals surface area contributed by atoms with E-state index in [1.54, 1.807) is 18.2 Å². The molecular formula is C30H29FN2O2. The molecule has 0 unspecified atom stereocenters. The second-order valence-corrected chi connectivity index (χ2v) is 9.24. The fraction of sp³-hybridized carbons (Fsp3) is 0.233. The van der Waals surface area contributed by atoms with Crippen LogP contribution in [-0.2, 0) is 24.4 Å². The second kappa shape index (κ2) is 9.79. The van der Waals surface area contributed by atoms with Gasteiger partial charge in [0.25, 0.3) is 0 Å². The van der Waals surface area contributed by atoms with Crippen LogP contribution in [-0.4, -0.2) is 10.5 Å². The number of hydrogen-bond donors (Lipinski definition) is 1. The Balaban J connectivity index is 1.43. The summed E-state index contributed by atoms with van der Waals surface area (Å²) in [6.07, 6.45) is 0.869. The zero-order valence-corrected chi connectivity index (χ0v) is 20.1. The third kappa shape index (κ3) is 4.72. The Hall–Kier alpha value is -3.86. The van der Waals surface area contributed by atoms with Crippen LogP contribution in [0.5, 0.6) is 5.75 Å². The Morgan fingerprint density at radius 1 is 1.03 bits per heavy atom. The van der Waals surface area contributed by atoms with Crippen LogP contribution in [0.1, 0.15) is 48.6 Å². The van der Waals surface area contributed by atoms with Crippen molar-refractivity contribution < 1.29 is 13.9 Å². The highest BCUT2D eigenvalue weighted by Crippen LogP contribution is 2.41. The van der Waals surface area contributed by atoms with E-state index < -0.39 is 0 Å². The van der Waals surface area contributed by atoms with Gasteiger partial charge in [0.2, 0.25) is 5.91 Å². The van der Waals surface area contributed by atoms with Gasteiger partial charge < -0.3 is 14.6 Å². The predicted octanol–water partition coefficient (Wildman–Crippen LogP) is 6.55. The molecular weight excluding hydrogens is 439 g/mol. The average Bonchev–Trinajstić information content (AvgIpc) is 3.26. The first-order chi connectivity index (χ1) is 17.0. The molecule has 1 aromatic heterocycles. The number of nitrogens with one attached hydrogen (secondary N) is 1. The topological polar surface area (TPSA) is 43.3 Å². The van der Waals surface area contributed by atoms with E-state index in [-0.39, 0.29) is 18.3 Å². The smallest absolute Gasteiger partial charge is 0.220 e. The Morgan fingerprint density at radius 3 is 2.54 bits per heavy atom. The van der Waals surface area contributed by atoms with E-state index in [0.29, 0.717) is 30.9 Å². The van der Waals surface area contributed by atoms with Gasteiger partial charge in [0.15, 0.2) is 0 Å². The minimum atomic E-state index is -0.308. The number of ether oxygens (including phenoxy) is 1. The van der Waals surface area contributed by atoms with E-state index in [0.717, 1.165) is 34.0 Å². The van der Waals surface area contributed by atoms with Crippen molar-refractivity contribution in [2.75, 3.05) is 0 Å². The summed E-state index contributed by atoms with van der Waals surface area (Å²) < 4.78 is 22.2. The molecule has 0 bridgehead atoms. The van der Waals surface area contributed by atoms with Crippen molar-refractivity contribution in [2.45, 2.75) is 45.8 Å². The van der Waals surface area contributed by atoms with Crippen molar-refractivity contribution in [3.63, 3.8) is 0 Å². The number of aryl methyl sites for hydroxylation is 1. The lowest BCUT2D eigenvalue weighted by Crippen LogP contribution is -2.23. The molecule has 3 aromatic carbocycles. The number of carbonyl (C=O) groups excluding carboxylic acids is 1. The largest absolute Gasteiger partial charge is 0.488 e. The van der Waals surface area contributed by atoms with Crippen LogP contribution in [0.15, 0.2) is 78.9 Å². The van der Waals surface area contributed by atoms with Gasteiger partial charge in [-0.1, -0.05) is 56.3 Å². The van der Waals surface area contributed by atoms with Crippen LogP contribution in [0.25, 0.3) is 16.9 Å². The van der Waals surface area contributed by atoms with E-state index >= 15 is 0 Å². The van der Waals surface area contributed by atoms with Gasteiger partial charge in [0.1, 0.15) is 18.2 Å². The van der Waals surface area contributed by atoms with Crippen LogP contribution in [0.3, 0.4) is 0 Å². The Bertz CT molecular complexity index is 1360. The average molecular weight is 469 g/mol. The lowest BCUT2D eigenvalue weighted by atomic mass is 10.0. The maximum absolute atomic E-state index is 13.9. The lowest BCUT2D eigenvalue weighted by molar-refractivity contribution is -0.121. The van der Waals surface area contributed by atoms with Crippen molar-refractivity contribution in [3.05, 3.63) is 107 Å². The first-order valence-corrected chi connectivity index (χ1v) is 12.1. The molecule has 1 amide bonds. The minimum Gasteiger partial charge on any atom is -0.488 e. The van der Waals surface area contributed by atoms with Crippen molar-refractivity contribution >= 4 is 5.91 Å². The van der Waals surface area contributed by atoms with Crippen LogP contribution < -0.4 is 10.1 Å². The Morgan fingerprint density at radius 2 is 1.77 bits per heavy atom. The van der Waals surface area contributed by atoms with Crippen LogP contribution in [0.2, 0.25) is 0 Å². The van der Waals surface area contributed by atoms with E-state index in [1.165, 1.54) is 11.6 Å². The van der Waals surface area contributed by atoms with Gasteiger partial charge in [0.05, 0.1) is 5.69 Å². The highest BCUT2D eigenvalue weighted by atomic mass is 19.1. The predicted molar refractivity (Wildman–Crippen MR) is 136 cm³/mol. The highest BCUT2D eigenvalue weighted by Gasteiger charge is 2.25. The van der Waals surface area contributed by atoms with E-state index in [2.05, 4.69) is 60.1 Å². The van der Waals surface area contributed by atoms with Gasteiger partial charge in [-0.2, -0.15) is 0 Å². The number of rotatable bonds is 7. The van der Waals surface area contributed by atoms with Gasteiger partial charge in [-0.3, -0.25) is 4.79 Å². The summed E-state index contributed by atoms with van der Waals surface area (Å²) >= 11 is 0. The molecule has 35 heavy (non-hydrogen) atoms. The summed E-state index contributed by atoms with van der Waals surface area (Å²) in [5.41, 5.74) is 7.16. The fourth-order valence-corrected chi connectivity index (χ4v) is 4.62. The third-order valence-corrected chi connectivity index (χ3v) is 6.54. The number of nitrogens with zero attached hydrogens (tertiary/aromatic N) is 1. The fourth-order valence-electron chi connectivity index (χ4n) is 4.62. The number of carbonyl (C=O) groups is 1. The molecule has 0 aliphatic carbocycles. The number of aromatic nitrogens is 1. The zero-order valence-electron chi connectivity index (χ0n) is 20.1. The third-order valence-electron chi connectivity index (χ3n) is 6.54. The molecule has 4 nitrogen and oxygen atoms in total. The summed E-state index contributed by atoms with van der Waals surface area (Å²) in [4.78, 5) is 12.6. The first-order valence-electron chi connectivity index (χ1n) is 12.1. The molecule has 0 saturated carbocycles. The van der Waals surface area contributed by atoms with Crippen LogP contribution in [0, 0.1) is 5.82 Å². The van der Waals surface area contributed by atoms with Crippen LogP contribution >= 0.6 is 0 Å². The molecule has 2 heterocycles. The van der Waals surface area contributed by atoms with E-state index in [9.17, 15) is 9.18 Å². The van der Waals surface area contributed by atoms with Crippen LogP contribution in [0.4, 0.5) is 4.39 Å². The number of hydrogen-bond acceptors (Lipinski definition) is 2. The Labute approximate surface area is 205 Å². The SMILES string of the molecule is CC(C)c1ccc(-n2c(CCC(=O)NCc3ccccc3F)cc3c2-c2ccccc2OC3)cc1. The summed E-state index contributed by atoms with van der Waals surface area (Å²) in [7, 11) is 0. The van der Waals surface area contributed by atoms with Crippen molar-refractivity contribution in [1.29, 1.82) is 0 Å². The van der Waals surface area contributed by atoms with E-state index in [1.807, 2.05) is 18.2 Å². The summed E-state index contributed by atoms with van der Waals surface area (Å²) in [6, 6.07) is 25.4. The molecule has 1 aliphatic rings. The second-order valence-electron chi connectivity index (χ2n) is 9.24. The maximum atomic E-state index is 13.9. The maximum Gasteiger partial charge on any atom is 0.220 e. The number of halogens is 1. The molecule has 1 N–H and O–H groups in total. The monoisotopic (exact) mass is 468 g/mol. The molecule has 5 heteroatoms. The molecule has 0 atom stereocenters. The zero-order chi connectivity index (χ0) is 24.4. The van der Waals surface area contributed by atoms with Gasteiger partial charge >= 0.3 is 0 Å². The molecule has 0 saturated heterocycles. The Kier molecular flexibility index (Phi) is 6.41. The molecule has 178 valence electrons. The van der Waals surface area contributed by atoms with Gasteiger partial charge in [-0.15, -0.1) is 0 Å². The van der Waals surface area contributed by atoms with Gasteiger partial charge in [-0.05, 0) is 54.3 Å². The lowest BCUT2D eigenvalue weighted by Gasteiger charge is -2.21. The molecule has 0 spiro atoms. The number of amides is 1. The van der Waals surface area contributed by atoms with Crippen molar-refractivity contribution in [2.24, 2.45) is 0 Å². The summed E-state index contributed by atoms with van der Waals surface area (Å²) in [5, 5.41) is 2.85. The van der Waals surface area contributed by atoms with Crippen molar-refractivity contribution in [1.82, 2.24) is 9.88 Å². The molecule has 4 aromatic rings. The quantitative estimate of drug-likeness (QED) is 0.334. The van der Waals surface area contributed by atoms with Gasteiger partial charge in [0, 0.05) is 41.0 Å². The number of para-hydroxylation sites is 1. The van der Waals surface area contributed by atoms with Crippen molar-refractivity contribution in [3.8, 4) is 22.7 Å². The minimum absolute atomic E-state index is 0.106. The van der Waals surface area contributed by atoms with E-state index in [4.69, 9.17) is 4.74 Å². The molecule has 5 rings (SSSR count). The highest BCUT2D eigenvalue weighted by molar-refractivity contribution is 5.77. The number of fused-ring (bicyclic) bond motifs is 3. The standard InChI is InChI=1S/C30H29FN2O2/c1-20(2)21-11-13-24(14-12-21)33-25(15-16-29(34)32-18-22-7-3-5-9-27(22)31)17-23-19-35-28-10-6-4-8-26(28)30(23)33/h3-14,17,20H,15-16,18-19H2,1-2H3,(H,32,34).